The molecule has 1 aliphatic rings. The molecule has 2 rings (SSSR count). The molecule has 1 aromatic carbocycles. The van der Waals surface area contributed by atoms with E-state index in [0.717, 1.165) is 12.8 Å². The smallest absolute Gasteiger partial charge is 0.260 e. The van der Waals surface area contributed by atoms with Gasteiger partial charge in [-0.25, -0.2) is 4.39 Å². The van der Waals surface area contributed by atoms with Gasteiger partial charge in [0.15, 0.2) is 6.61 Å². The second-order valence-corrected chi connectivity index (χ2v) is 5.28. The van der Waals surface area contributed by atoms with Gasteiger partial charge in [-0.05, 0) is 47.0 Å². The number of nitrogens with zero attached hydrogens (tertiary/aromatic N) is 1. The molecule has 1 aliphatic heterocycles. The van der Waals surface area contributed by atoms with Crippen LogP contribution >= 0.6 is 15.9 Å². The van der Waals surface area contributed by atoms with Crippen molar-refractivity contribution in [2.45, 2.75) is 18.9 Å². The van der Waals surface area contributed by atoms with Gasteiger partial charge in [0.1, 0.15) is 11.6 Å². The Morgan fingerprint density at radius 1 is 1.58 bits per heavy atom. The van der Waals surface area contributed by atoms with Crippen molar-refractivity contribution in [2.75, 3.05) is 19.8 Å². The van der Waals surface area contributed by atoms with E-state index in [0.29, 0.717) is 16.8 Å². The Kier molecular flexibility index (Phi) is 4.76. The fraction of sp³-hybridized carbons (Fsp3) is 0.462. The summed E-state index contributed by atoms with van der Waals surface area (Å²) in [6.07, 6.45) is 1.72. The van der Waals surface area contributed by atoms with Crippen molar-refractivity contribution in [2.24, 2.45) is 0 Å². The van der Waals surface area contributed by atoms with Gasteiger partial charge in [-0.1, -0.05) is 0 Å². The number of halogens is 2. The van der Waals surface area contributed by atoms with E-state index in [1.807, 2.05) is 0 Å². The van der Waals surface area contributed by atoms with Crippen LogP contribution in [-0.2, 0) is 4.79 Å². The van der Waals surface area contributed by atoms with Crippen LogP contribution in [0.25, 0.3) is 0 Å². The van der Waals surface area contributed by atoms with Crippen LogP contribution in [0.2, 0.25) is 0 Å². The predicted molar refractivity (Wildman–Crippen MR) is 71.4 cm³/mol. The summed E-state index contributed by atoms with van der Waals surface area (Å²) >= 11 is 3.18. The molecule has 1 saturated heterocycles. The summed E-state index contributed by atoms with van der Waals surface area (Å²) in [4.78, 5) is 13.6. The Balaban J connectivity index is 1.93. The number of benzene rings is 1. The lowest BCUT2D eigenvalue weighted by Gasteiger charge is -2.23. The van der Waals surface area contributed by atoms with Crippen LogP contribution in [0.4, 0.5) is 4.39 Å². The van der Waals surface area contributed by atoms with Crippen molar-refractivity contribution in [1.82, 2.24) is 4.90 Å². The molecule has 1 heterocycles. The lowest BCUT2D eigenvalue weighted by molar-refractivity contribution is -0.134. The molecule has 0 aromatic heterocycles. The highest BCUT2D eigenvalue weighted by atomic mass is 79.9. The maximum atomic E-state index is 12.9. The van der Waals surface area contributed by atoms with Gasteiger partial charge in [-0.15, -0.1) is 0 Å². The van der Waals surface area contributed by atoms with Crippen molar-refractivity contribution in [3.8, 4) is 5.75 Å². The molecule has 0 saturated carbocycles. The summed E-state index contributed by atoms with van der Waals surface area (Å²) in [5.74, 6) is -0.104. The molecule has 0 aliphatic carbocycles. The molecule has 0 radical (unpaired) electrons. The first kappa shape index (κ1) is 14.3. The Morgan fingerprint density at radius 3 is 3.05 bits per heavy atom. The van der Waals surface area contributed by atoms with E-state index >= 15 is 0 Å². The van der Waals surface area contributed by atoms with E-state index in [9.17, 15) is 9.18 Å². The quantitative estimate of drug-likeness (QED) is 0.917. The van der Waals surface area contributed by atoms with Crippen LogP contribution in [0, 0.1) is 5.82 Å². The average Bonchev–Trinajstić information content (AvgIpc) is 2.85. The molecule has 19 heavy (non-hydrogen) atoms. The molecule has 104 valence electrons. The van der Waals surface area contributed by atoms with Crippen LogP contribution in [0.5, 0.6) is 5.75 Å². The van der Waals surface area contributed by atoms with Crippen LogP contribution in [0.15, 0.2) is 22.7 Å². The molecule has 6 heteroatoms. The zero-order valence-corrected chi connectivity index (χ0v) is 11.9. The molecule has 4 nitrogen and oxygen atoms in total. The van der Waals surface area contributed by atoms with E-state index in [1.54, 1.807) is 4.90 Å². The van der Waals surface area contributed by atoms with Gasteiger partial charge in [0.25, 0.3) is 5.91 Å². The van der Waals surface area contributed by atoms with Crippen LogP contribution in [0.1, 0.15) is 12.8 Å². The number of likely N-dealkylation sites (tertiary alicyclic amines) is 1. The monoisotopic (exact) mass is 331 g/mol. The van der Waals surface area contributed by atoms with Crippen molar-refractivity contribution in [1.29, 1.82) is 0 Å². The zero-order valence-electron chi connectivity index (χ0n) is 10.3. The topological polar surface area (TPSA) is 49.8 Å². The van der Waals surface area contributed by atoms with E-state index in [-0.39, 0.29) is 31.0 Å². The predicted octanol–water partition coefficient (Wildman–Crippen LogP) is 1.95. The summed E-state index contributed by atoms with van der Waals surface area (Å²) in [6.45, 7) is 0.519. The third-order valence-electron chi connectivity index (χ3n) is 3.15. The molecule has 1 fully saturated rings. The number of ether oxygens (including phenoxy) is 1. The number of hydrogen-bond acceptors (Lipinski definition) is 3. The number of carbonyl (C=O) groups is 1. The molecule has 0 spiro atoms. The Bertz CT molecular complexity index is 469. The van der Waals surface area contributed by atoms with Gasteiger partial charge in [0.2, 0.25) is 0 Å². The average molecular weight is 332 g/mol. The highest BCUT2D eigenvalue weighted by Gasteiger charge is 2.28. The molecule has 0 unspecified atom stereocenters. The lowest BCUT2D eigenvalue weighted by Crippen LogP contribution is -2.40. The first-order valence-corrected chi connectivity index (χ1v) is 6.89. The van der Waals surface area contributed by atoms with Gasteiger partial charge >= 0.3 is 0 Å². The van der Waals surface area contributed by atoms with Crippen molar-refractivity contribution in [3.05, 3.63) is 28.5 Å². The van der Waals surface area contributed by atoms with Crippen LogP contribution in [0.3, 0.4) is 0 Å². The van der Waals surface area contributed by atoms with Gasteiger partial charge in [-0.2, -0.15) is 0 Å². The Hall–Kier alpha value is -1.14. The highest BCUT2D eigenvalue weighted by molar-refractivity contribution is 9.10. The minimum atomic E-state index is -0.370. The summed E-state index contributed by atoms with van der Waals surface area (Å²) in [5, 5.41) is 9.16. The standard InChI is InChI=1S/C13H15BrFNO3/c14-11-6-9(15)3-4-12(11)19-8-13(18)16-5-1-2-10(16)7-17/h3-4,6,10,17H,1-2,5,7-8H2/t10-/m1/s1. The number of amides is 1. The molecular formula is C13H15BrFNO3. The first-order chi connectivity index (χ1) is 9.11. The summed E-state index contributed by atoms with van der Waals surface area (Å²) in [7, 11) is 0. The van der Waals surface area contributed by atoms with Crippen LogP contribution < -0.4 is 4.74 Å². The third-order valence-corrected chi connectivity index (χ3v) is 3.77. The first-order valence-electron chi connectivity index (χ1n) is 6.10. The number of carbonyl (C=O) groups excluding carboxylic acids is 1. The number of aliphatic hydroxyl groups is 1. The van der Waals surface area contributed by atoms with Crippen molar-refractivity contribution >= 4 is 21.8 Å². The fourth-order valence-electron chi connectivity index (χ4n) is 2.17. The second-order valence-electron chi connectivity index (χ2n) is 4.43. The molecule has 1 atom stereocenters. The molecular weight excluding hydrogens is 317 g/mol. The molecule has 1 aromatic rings. The SMILES string of the molecule is O=C(COc1ccc(F)cc1Br)N1CCC[C@@H]1CO. The Morgan fingerprint density at radius 2 is 2.37 bits per heavy atom. The molecule has 0 bridgehead atoms. The van der Waals surface area contributed by atoms with Crippen LogP contribution in [-0.4, -0.2) is 41.7 Å². The van der Waals surface area contributed by atoms with E-state index in [4.69, 9.17) is 9.84 Å². The van der Waals surface area contributed by atoms with Gasteiger partial charge in [0.05, 0.1) is 17.1 Å². The minimum Gasteiger partial charge on any atom is -0.483 e. The van der Waals surface area contributed by atoms with Crippen molar-refractivity contribution < 1.29 is 19.0 Å². The third kappa shape index (κ3) is 3.45. The summed E-state index contributed by atoms with van der Waals surface area (Å²) in [6, 6.07) is 3.93. The van der Waals surface area contributed by atoms with Crippen molar-refractivity contribution in [3.63, 3.8) is 0 Å². The normalized spacial score (nSPS) is 18.7. The summed E-state index contributed by atoms with van der Waals surface area (Å²) in [5.41, 5.74) is 0. The van der Waals surface area contributed by atoms with E-state index in [1.165, 1.54) is 18.2 Å². The number of aliphatic hydroxyl groups excluding tert-OH is 1. The maximum Gasteiger partial charge on any atom is 0.260 e. The minimum absolute atomic E-state index is 0.0218. The zero-order chi connectivity index (χ0) is 13.8. The van der Waals surface area contributed by atoms with Gasteiger partial charge in [-0.3, -0.25) is 4.79 Å². The summed E-state index contributed by atoms with van der Waals surface area (Å²) < 4.78 is 18.7. The Labute approximate surface area is 119 Å². The van der Waals surface area contributed by atoms with E-state index < -0.39 is 0 Å². The fourth-order valence-corrected chi connectivity index (χ4v) is 2.63. The molecule has 1 N–H and O–H groups in total. The second kappa shape index (κ2) is 6.34. The molecule has 1 amide bonds. The largest absolute Gasteiger partial charge is 0.483 e. The maximum absolute atomic E-state index is 12.9. The number of rotatable bonds is 4. The lowest BCUT2D eigenvalue weighted by atomic mass is 10.2. The van der Waals surface area contributed by atoms with Gasteiger partial charge in [0, 0.05) is 6.54 Å². The number of hydrogen-bond donors (Lipinski definition) is 1. The van der Waals surface area contributed by atoms with E-state index in [2.05, 4.69) is 15.9 Å². The highest BCUT2D eigenvalue weighted by Crippen LogP contribution is 2.25. The van der Waals surface area contributed by atoms with Gasteiger partial charge < -0.3 is 14.7 Å².